The number of ether oxygens (including phenoxy) is 2. The third-order valence-corrected chi connectivity index (χ3v) is 5.24. The fourth-order valence-corrected chi connectivity index (χ4v) is 3.80. The molecule has 5 nitrogen and oxygen atoms in total. The molecule has 1 heterocycles. The van der Waals surface area contributed by atoms with E-state index in [0.717, 1.165) is 25.4 Å². The van der Waals surface area contributed by atoms with E-state index >= 15 is 0 Å². The van der Waals surface area contributed by atoms with Crippen LogP contribution in [-0.2, 0) is 6.54 Å². The topological polar surface area (TPSA) is 42.0 Å². The van der Waals surface area contributed by atoms with Crippen molar-refractivity contribution in [3.8, 4) is 11.5 Å². The standard InChI is InChI=1S/C20H22Cl2N2O3/c1-26-16-5-3-14(4-6-16)13-23-7-9-24(10-8-23)20(25)15-11-17(21)19(27-2)18(22)12-15/h3-6,11-12H,7-10,13H2,1-2H3. The Morgan fingerprint density at radius 1 is 0.963 bits per heavy atom. The van der Waals surface area contributed by atoms with Crippen LogP contribution in [0.15, 0.2) is 36.4 Å². The smallest absolute Gasteiger partial charge is 0.254 e. The maximum absolute atomic E-state index is 12.8. The average molecular weight is 409 g/mol. The van der Waals surface area contributed by atoms with Gasteiger partial charge in [-0.05, 0) is 29.8 Å². The zero-order valence-electron chi connectivity index (χ0n) is 15.4. The van der Waals surface area contributed by atoms with E-state index in [0.29, 0.717) is 34.4 Å². The molecule has 0 radical (unpaired) electrons. The van der Waals surface area contributed by atoms with Crippen molar-refractivity contribution in [1.82, 2.24) is 9.80 Å². The number of methoxy groups -OCH3 is 2. The predicted octanol–water partition coefficient (Wildman–Crippen LogP) is 3.97. The highest BCUT2D eigenvalue weighted by Crippen LogP contribution is 2.34. The van der Waals surface area contributed by atoms with Crippen LogP contribution in [0.4, 0.5) is 0 Å². The van der Waals surface area contributed by atoms with Crippen LogP contribution in [0.1, 0.15) is 15.9 Å². The number of amides is 1. The summed E-state index contributed by atoms with van der Waals surface area (Å²) in [4.78, 5) is 16.9. The first-order valence-corrected chi connectivity index (χ1v) is 9.45. The first kappa shape index (κ1) is 19.8. The van der Waals surface area contributed by atoms with E-state index in [2.05, 4.69) is 17.0 Å². The van der Waals surface area contributed by atoms with E-state index in [4.69, 9.17) is 32.7 Å². The zero-order valence-corrected chi connectivity index (χ0v) is 16.9. The summed E-state index contributed by atoms with van der Waals surface area (Å²) < 4.78 is 10.3. The Hall–Kier alpha value is -1.95. The van der Waals surface area contributed by atoms with Gasteiger partial charge in [-0.25, -0.2) is 0 Å². The molecule has 3 rings (SSSR count). The first-order valence-electron chi connectivity index (χ1n) is 8.69. The quantitative estimate of drug-likeness (QED) is 0.750. The second-order valence-electron chi connectivity index (χ2n) is 6.39. The molecule has 0 aliphatic carbocycles. The van der Waals surface area contributed by atoms with Gasteiger partial charge in [0.05, 0.1) is 24.3 Å². The Bertz CT molecular complexity index is 780. The van der Waals surface area contributed by atoms with Gasteiger partial charge in [-0.15, -0.1) is 0 Å². The molecule has 1 saturated heterocycles. The zero-order chi connectivity index (χ0) is 19.4. The molecule has 0 atom stereocenters. The van der Waals surface area contributed by atoms with Gasteiger partial charge in [0.15, 0.2) is 5.75 Å². The fourth-order valence-electron chi connectivity index (χ4n) is 3.16. The molecule has 2 aromatic carbocycles. The second kappa shape index (κ2) is 8.83. The van der Waals surface area contributed by atoms with Crippen LogP contribution in [0.3, 0.4) is 0 Å². The molecule has 0 N–H and O–H groups in total. The minimum absolute atomic E-state index is 0.0643. The summed E-state index contributed by atoms with van der Waals surface area (Å²) in [5, 5.41) is 0.679. The molecular formula is C20H22Cl2N2O3. The van der Waals surface area contributed by atoms with Gasteiger partial charge < -0.3 is 14.4 Å². The van der Waals surface area contributed by atoms with Crippen molar-refractivity contribution in [1.29, 1.82) is 0 Å². The van der Waals surface area contributed by atoms with E-state index in [1.54, 1.807) is 19.2 Å². The number of hydrogen-bond donors (Lipinski definition) is 0. The lowest BCUT2D eigenvalue weighted by atomic mass is 10.1. The van der Waals surface area contributed by atoms with Crippen molar-refractivity contribution >= 4 is 29.1 Å². The van der Waals surface area contributed by atoms with Gasteiger partial charge in [0.2, 0.25) is 0 Å². The summed E-state index contributed by atoms with van der Waals surface area (Å²) in [5.74, 6) is 1.18. The third kappa shape index (κ3) is 4.67. The Balaban J connectivity index is 1.59. The monoisotopic (exact) mass is 408 g/mol. The molecule has 0 spiro atoms. The molecule has 27 heavy (non-hydrogen) atoms. The lowest BCUT2D eigenvalue weighted by Gasteiger charge is -2.35. The highest BCUT2D eigenvalue weighted by molar-refractivity contribution is 6.37. The number of rotatable bonds is 5. The second-order valence-corrected chi connectivity index (χ2v) is 7.20. The van der Waals surface area contributed by atoms with Crippen LogP contribution in [0, 0.1) is 0 Å². The van der Waals surface area contributed by atoms with Gasteiger partial charge in [-0.2, -0.15) is 0 Å². The number of carbonyl (C=O) groups excluding carboxylic acids is 1. The predicted molar refractivity (Wildman–Crippen MR) is 107 cm³/mol. The van der Waals surface area contributed by atoms with Crippen molar-refractivity contribution < 1.29 is 14.3 Å². The van der Waals surface area contributed by atoms with E-state index in [1.165, 1.54) is 12.7 Å². The van der Waals surface area contributed by atoms with E-state index in [-0.39, 0.29) is 5.91 Å². The van der Waals surface area contributed by atoms with Gasteiger partial charge in [0.25, 0.3) is 5.91 Å². The minimum Gasteiger partial charge on any atom is -0.497 e. The molecule has 1 fully saturated rings. The van der Waals surface area contributed by atoms with Crippen molar-refractivity contribution in [2.75, 3.05) is 40.4 Å². The highest BCUT2D eigenvalue weighted by Gasteiger charge is 2.23. The molecule has 144 valence electrons. The number of nitrogens with zero attached hydrogens (tertiary/aromatic N) is 2. The van der Waals surface area contributed by atoms with Crippen LogP contribution in [0.25, 0.3) is 0 Å². The van der Waals surface area contributed by atoms with Gasteiger partial charge in [-0.3, -0.25) is 9.69 Å². The summed E-state index contributed by atoms with van der Waals surface area (Å²) in [6.07, 6.45) is 0. The van der Waals surface area contributed by atoms with Gasteiger partial charge >= 0.3 is 0 Å². The number of benzene rings is 2. The van der Waals surface area contributed by atoms with Gasteiger partial charge in [0.1, 0.15) is 5.75 Å². The van der Waals surface area contributed by atoms with Crippen molar-refractivity contribution in [3.05, 3.63) is 57.6 Å². The van der Waals surface area contributed by atoms with Crippen LogP contribution < -0.4 is 9.47 Å². The largest absolute Gasteiger partial charge is 0.497 e. The molecule has 1 amide bonds. The SMILES string of the molecule is COc1ccc(CN2CCN(C(=O)c3cc(Cl)c(OC)c(Cl)c3)CC2)cc1. The van der Waals surface area contributed by atoms with Crippen molar-refractivity contribution in [2.45, 2.75) is 6.54 Å². The fraction of sp³-hybridized carbons (Fsp3) is 0.350. The lowest BCUT2D eigenvalue weighted by Crippen LogP contribution is -2.48. The summed E-state index contributed by atoms with van der Waals surface area (Å²) in [5.41, 5.74) is 1.71. The van der Waals surface area contributed by atoms with Gasteiger partial charge in [-0.1, -0.05) is 35.3 Å². The molecule has 0 bridgehead atoms. The third-order valence-electron chi connectivity index (χ3n) is 4.67. The summed E-state index contributed by atoms with van der Waals surface area (Å²) >= 11 is 12.3. The van der Waals surface area contributed by atoms with E-state index in [9.17, 15) is 4.79 Å². The maximum atomic E-state index is 12.8. The number of hydrogen-bond acceptors (Lipinski definition) is 4. The molecule has 7 heteroatoms. The molecule has 0 unspecified atom stereocenters. The van der Waals surface area contributed by atoms with Gasteiger partial charge in [0, 0.05) is 38.3 Å². The minimum atomic E-state index is -0.0643. The summed E-state index contributed by atoms with van der Waals surface area (Å²) in [6.45, 7) is 3.81. The Morgan fingerprint density at radius 3 is 2.07 bits per heavy atom. The molecule has 0 aromatic heterocycles. The van der Waals surface area contributed by atoms with Crippen LogP contribution >= 0.6 is 23.2 Å². The van der Waals surface area contributed by atoms with Crippen molar-refractivity contribution in [3.63, 3.8) is 0 Å². The first-order chi connectivity index (χ1) is 13.0. The molecular weight excluding hydrogens is 387 g/mol. The maximum Gasteiger partial charge on any atom is 0.254 e. The Kier molecular flexibility index (Phi) is 6.47. The van der Waals surface area contributed by atoms with Crippen LogP contribution in [0.5, 0.6) is 11.5 Å². The number of piperazine rings is 1. The average Bonchev–Trinajstić information content (AvgIpc) is 2.68. The van der Waals surface area contributed by atoms with Crippen molar-refractivity contribution in [2.24, 2.45) is 0 Å². The van der Waals surface area contributed by atoms with Crippen LogP contribution in [0.2, 0.25) is 10.0 Å². The lowest BCUT2D eigenvalue weighted by molar-refractivity contribution is 0.0628. The highest BCUT2D eigenvalue weighted by atomic mass is 35.5. The number of carbonyl (C=O) groups is 1. The Morgan fingerprint density at radius 2 is 1.56 bits per heavy atom. The normalized spacial score (nSPS) is 14.9. The molecule has 2 aromatic rings. The van der Waals surface area contributed by atoms with E-state index < -0.39 is 0 Å². The summed E-state index contributed by atoms with van der Waals surface area (Å²) in [7, 11) is 3.16. The Labute approximate surface area is 169 Å². The molecule has 0 saturated carbocycles. The van der Waals surface area contributed by atoms with Crippen LogP contribution in [-0.4, -0.2) is 56.1 Å². The molecule has 1 aliphatic heterocycles. The van der Waals surface area contributed by atoms with E-state index in [1.807, 2.05) is 17.0 Å². The number of halogens is 2. The summed E-state index contributed by atoms with van der Waals surface area (Å²) in [6, 6.07) is 11.3. The molecule has 1 aliphatic rings.